The number of halogens is 1. The van der Waals surface area contributed by atoms with Gasteiger partial charge in [0.25, 0.3) is 5.91 Å². The SMILES string of the molecule is CCOc1ccccc1NC(=O)c1nnn(CC(=O)NCc2ccccc2Cl)c1C. The van der Waals surface area contributed by atoms with Crippen molar-refractivity contribution in [3.63, 3.8) is 0 Å². The quantitative estimate of drug-likeness (QED) is 0.575. The van der Waals surface area contributed by atoms with Gasteiger partial charge >= 0.3 is 0 Å². The molecule has 0 radical (unpaired) electrons. The molecule has 0 aliphatic heterocycles. The summed E-state index contributed by atoms with van der Waals surface area (Å²) in [5.41, 5.74) is 1.97. The summed E-state index contributed by atoms with van der Waals surface area (Å²) in [5, 5.41) is 14.0. The van der Waals surface area contributed by atoms with Crippen LogP contribution in [0.15, 0.2) is 48.5 Å². The molecule has 0 saturated heterocycles. The lowest BCUT2D eigenvalue weighted by atomic mass is 10.2. The van der Waals surface area contributed by atoms with Crippen molar-refractivity contribution >= 4 is 29.1 Å². The summed E-state index contributed by atoms with van der Waals surface area (Å²) in [7, 11) is 0. The van der Waals surface area contributed by atoms with Crippen LogP contribution in [0.4, 0.5) is 5.69 Å². The molecular formula is C21H22ClN5O3. The second-order valence-corrected chi connectivity index (χ2v) is 6.84. The highest BCUT2D eigenvalue weighted by Gasteiger charge is 2.19. The van der Waals surface area contributed by atoms with Crippen LogP contribution in [0.1, 0.15) is 28.7 Å². The second-order valence-electron chi connectivity index (χ2n) is 6.43. The number of anilines is 1. The van der Waals surface area contributed by atoms with Crippen molar-refractivity contribution < 1.29 is 14.3 Å². The number of carbonyl (C=O) groups is 2. The third-order valence-corrected chi connectivity index (χ3v) is 4.73. The minimum atomic E-state index is -0.428. The molecule has 2 aromatic carbocycles. The molecule has 2 N–H and O–H groups in total. The van der Waals surface area contributed by atoms with E-state index in [1.807, 2.05) is 31.2 Å². The maximum atomic E-state index is 12.6. The van der Waals surface area contributed by atoms with Crippen LogP contribution in [0.3, 0.4) is 0 Å². The fourth-order valence-corrected chi connectivity index (χ4v) is 2.98. The zero-order valence-corrected chi connectivity index (χ0v) is 17.4. The molecular weight excluding hydrogens is 406 g/mol. The Morgan fingerprint density at radius 3 is 2.63 bits per heavy atom. The Morgan fingerprint density at radius 2 is 1.87 bits per heavy atom. The number of nitrogens with one attached hydrogen (secondary N) is 2. The summed E-state index contributed by atoms with van der Waals surface area (Å²) in [6.45, 7) is 4.27. The zero-order chi connectivity index (χ0) is 21.5. The van der Waals surface area contributed by atoms with Crippen molar-refractivity contribution in [3.05, 3.63) is 70.5 Å². The number of nitrogens with zero attached hydrogens (tertiary/aromatic N) is 3. The van der Waals surface area contributed by atoms with E-state index < -0.39 is 5.91 Å². The highest BCUT2D eigenvalue weighted by molar-refractivity contribution is 6.31. The summed E-state index contributed by atoms with van der Waals surface area (Å²) < 4.78 is 6.90. The van der Waals surface area contributed by atoms with Gasteiger partial charge in [0.1, 0.15) is 12.3 Å². The Bertz CT molecular complexity index is 1050. The molecule has 1 heterocycles. The second kappa shape index (κ2) is 9.89. The van der Waals surface area contributed by atoms with Crippen molar-refractivity contribution in [1.29, 1.82) is 0 Å². The molecule has 9 heteroatoms. The molecule has 0 saturated carbocycles. The first-order valence-electron chi connectivity index (χ1n) is 9.43. The number of hydrogen-bond donors (Lipinski definition) is 2. The van der Waals surface area contributed by atoms with E-state index in [9.17, 15) is 9.59 Å². The van der Waals surface area contributed by atoms with Crippen LogP contribution in [-0.2, 0) is 17.9 Å². The van der Waals surface area contributed by atoms with E-state index in [1.54, 1.807) is 31.2 Å². The topological polar surface area (TPSA) is 98.1 Å². The Morgan fingerprint density at radius 1 is 1.13 bits per heavy atom. The molecule has 156 valence electrons. The number of rotatable bonds is 8. The maximum Gasteiger partial charge on any atom is 0.278 e. The molecule has 0 bridgehead atoms. The molecule has 8 nitrogen and oxygen atoms in total. The summed E-state index contributed by atoms with van der Waals surface area (Å²) in [6, 6.07) is 14.4. The lowest BCUT2D eigenvalue weighted by Gasteiger charge is -2.10. The number of hydrogen-bond acceptors (Lipinski definition) is 5. The van der Waals surface area contributed by atoms with E-state index in [0.29, 0.717) is 35.3 Å². The van der Waals surface area contributed by atoms with Crippen LogP contribution >= 0.6 is 11.6 Å². The number of amides is 2. The highest BCUT2D eigenvalue weighted by atomic mass is 35.5. The zero-order valence-electron chi connectivity index (χ0n) is 16.7. The van der Waals surface area contributed by atoms with Gasteiger partial charge in [0, 0.05) is 11.6 Å². The third kappa shape index (κ3) is 5.15. The first-order valence-corrected chi connectivity index (χ1v) is 9.80. The monoisotopic (exact) mass is 427 g/mol. The molecule has 3 rings (SSSR count). The normalized spacial score (nSPS) is 10.5. The standard InChI is InChI=1S/C21H22ClN5O3/c1-3-30-18-11-7-6-10-17(18)24-21(29)20-14(2)27(26-25-20)13-19(28)23-12-15-8-4-5-9-16(15)22/h4-11H,3,12-13H2,1-2H3,(H,23,28)(H,24,29). The predicted molar refractivity (Wildman–Crippen MR) is 114 cm³/mol. The molecule has 3 aromatic rings. The Balaban J connectivity index is 1.63. The van der Waals surface area contributed by atoms with Crippen molar-refractivity contribution in [2.75, 3.05) is 11.9 Å². The first-order chi connectivity index (χ1) is 14.5. The van der Waals surface area contributed by atoms with Crippen molar-refractivity contribution in [2.24, 2.45) is 0 Å². The van der Waals surface area contributed by atoms with Gasteiger partial charge in [-0.3, -0.25) is 9.59 Å². The van der Waals surface area contributed by atoms with Gasteiger partial charge < -0.3 is 15.4 Å². The molecule has 0 spiro atoms. The number of benzene rings is 2. The Labute approximate surface area is 179 Å². The summed E-state index contributed by atoms with van der Waals surface area (Å²) in [4.78, 5) is 24.9. The van der Waals surface area contributed by atoms with E-state index >= 15 is 0 Å². The molecule has 0 aliphatic rings. The van der Waals surface area contributed by atoms with Crippen LogP contribution in [-0.4, -0.2) is 33.4 Å². The molecule has 0 aliphatic carbocycles. The molecule has 1 aromatic heterocycles. The minimum absolute atomic E-state index is 0.0634. The lowest BCUT2D eigenvalue weighted by Crippen LogP contribution is -2.28. The highest BCUT2D eigenvalue weighted by Crippen LogP contribution is 2.24. The largest absolute Gasteiger partial charge is 0.492 e. The summed E-state index contributed by atoms with van der Waals surface area (Å²) in [6.07, 6.45) is 0. The Kier molecular flexibility index (Phi) is 7.03. The predicted octanol–water partition coefficient (Wildman–Crippen LogP) is 3.21. The third-order valence-electron chi connectivity index (χ3n) is 4.36. The van der Waals surface area contributed by atoms with E-state index in [4.69, 9.17) is 16.3 Å². The average molecular weight is 428 g/mol. The fraction of sp³-hybridized carbons (Fsp3) is 0.238. The van der Waals surface area contributed by atoms with Crippen molar-refractivity contribution in [3.8, 4) is 5.75 Å². The average Bonchev–Trinajstić information content (AvgIpc) is 3.09. The summed E-state index contributed by atoms with van der Waals surface area (Å²) >= 11 is 6.10. The van der Waals surface area contributed by atoms with E-state index in [-0.39, 0.29) is 18.1 Å². The lowest BCUT2D eigenvalue weighted by molar-refractivity contribution is -0.122. The minimum Gasteiger partial charge on any atom is -0.492 e. The molecule has 30 heavy (non-hydrogen) atoms. The van der Waals surface area contributed by atoms with E-state index in [2.05, 4.69) is 20.9 Å². The van der Waals surface area contributed by atoms with Gasteiger partial charge in [-0.1, -0.05) is 47.1 Å². The summed E-state index contributed by atoms with van der Waals surface area (Å²) in [5.74, 6) is -0.128. The van der Waals surface area contributed by atoms with Crippen LogP contribution < -0.4 is 15.4 Å². The number of ether oxygens (including phenoxy) is 1. The van der Waals surface area contributed by atoms with Crippen LogP contribution in [0, 0.1) is 6.92 Å². The van der Waals surface area contributed by atoms with E-state index in [1.165, 1.54) is 4.68 Å². The van der Waals surface area contributed by atoms with Gasteiger partial charge in [-0.2, -0.15) is 0 Å². The van der Waals surface area contributed by atoms with Crippen molar-refractivity contribution in [1.82, 2.24) is 20.3 Å². The van der Waals surface area contributed by atoms with Gasteiger partial charge in [0.05, 0.1) is 18.0 Å². The molecule has 0 unspecified atom stereocenters. The smallest absolute Gasteiger partial charge is 0.278 e. The van der Waals surface area contributed by atoms with Crippen LogP contribution in [0.5, 0.6) is 5.75 Å². The van der Waals surface area contributed by atoms with E-state index in [0.717, 1.165) is 5.56 Å². The van der Waals surface area contributed by atoms with Gasteiger partial charge in [-0.25, -0.2) is 4.68 Å². The molecule has 0 atom stereocenters. The fourth-order valence-electron chi connectivity index (χ4n) is 2.78. The Hall–Kier alpha value is -3.39. The van der Waals surface area contributed by atoms with Crippen molar-refractivity contribution in [2.45, 2.75) is 26.9 Å². The number of para-hydroxylation sites is 2. The van der Waals surface area contributed by atoms with Crippen LogP contribution in [0.25, 0.3) is 0 Å². The first kappa shape index (κ1) is 21.3. The number of aromatic nitrogens is 3. The van der Waals surface area contributed by atoms with Gasteiger partial charge in [-0.05, 0) is 37.6 Å². The molecule has 2 amide bonds. The number of carbonyl (C=O) groups excluding carboxylic acids is 2. The van der Waals surface area contributed by atoms with Gasteiger partial charge in [0.2, 0.25) is 5.91 Å². The van der Waals surface area contributed by atoms with Gasteiger partial charge in [-0.15, -0.1) is 5.10 Å². The maximum absolute atomic E-state index is 12.6. The van der Waals surface area contributed by atoms with Crippen LogP contribution in [0.2, 0.25) is 5.02 Å². The van der Waals surface area contributed by atoms with Gasteiger partial charge in [0.15, 0.2) is 5.69 Å². The molecule has 0 fully saturated rings.